The molecule has 0 saturated carbocycles. The van der Waals surface area contributed by atoms with Crippen LogP contribution in [0.15, 0.2) is 18.2 Å². The minimum Gasteiger partial charge on any atom is -0.370 e. The summed E-state index contributed by atoms with van der Waals surface area (Å²) >= 11 is 0. The normalized spacial score (nSPS) is 17.9. The van der Waals surface area contributed by atoms with Crippen molar-refractivity contribution in [3.05, 3.63) is 18.2 Å². The molecule has 0 bridgehead atoms. The summed E-state index contributed by atoms with van der Waals surface area (Å²) in [5.41, 5.74) is 3.38. The molecule has 0 amide bonds. The predicted octanol–water partition coefficient (Wildman–Crippen LogP) is 2.20. The quantitative estimate of drug-likeness (QED) is 0.753. The van der Waals surface area contributed by atoms with Gasteiger partial charge in [-0.1, -0.05) is 18.2 Å². The number of benzene rings is 1. The van der Waals surface area contributed by atoms with Crippen molar-refractivity contribution in [2.45, 2.75) is 19.8 Å². The van der Waals surface area contributed by atoms with Gasteiger partial charge in [0.1, 0.15) is 5.52 Å². The lowest BCUT2D eigenvalue weighted by atomic mass is 9.98. The van der Waals surface area contributed by atoms with Gasteiger partial charge in [0.05, 0.1) is 11.2 Å². The van der Waals surface area contributed by atoms with E-state index >= 15 is 0 Å². The molecule has 0 unspecified atom stereocenters. The van der Waals surface area contributed by atoms with E-state index in [1.807, 2.05) is 11.7 Å². The molecule has 1 saturated heterocycles. The zero-order valence-electron chi connectivity index (χ0n) is 10.4. The monoisotopic (exact) mass is 230 g/mol. The van der Waals surface area contributed by atoms with Crippen LogP contribution in [0.3, 0.4) is 0 Å². The molecule has 4 nitrogen and oxygen atoms in total. The molecule has 17 heavy (non-hydrogen) atoms. The molecule has 1 aliphatic rings. The standard InChI is InChI=1S/C13H18N4/c1-10-6-8-17(9-7-10)12-5-3-4-11-13(12)14-15-16(11)2/h3-5,10H,6-9H2,1-2H3. The van der Waals surface area contributed by atoms with Crippen molar-refractivity contribution in [2.24, 2.45) is 13.0 Å². The van der Waals surface area contributed by atoms with Gasteiger partial charge < -0.3 is 4.90 Å². The Hall–Kier alpha value is -1.58. The van der Waals surface area contributed by atoms with E-state index in [2.05, 4.69) is 40.3 Å². The van der Waals surface area contributed by atoms with Gasteiger partial charge in [0.2, 0.25) is 0 Å². The zero-order chi connectivity index (χ0) is 11.8. The second-order valence-corrected chi connectivity index (χ2v) is 5.03. The van der Waals surface area contributed by atoms with E-state index in [4.69, 9.17) is 0 Å². The first-order chi connectivity index (χ1) is 8.25. The minimum absolute atomic E-state index is 0.854. The lowest BCUT2D eigenvalue weighted by Gasteiger charge is -2.32. The average molecular weight is 230 g/mol. The van der Waals surface area contributed by atoms with Gasteiger partial charge in [-0.25, -0.2) is 4.68 Å². The number of anilines is 1. The third kappa shape index (κ3) is 1.77. The number of rotatable bonds is 1. The van der Waals surface area contributed by atoms with Gasteiger partial charge in [-0.15, -0.1) is 5.10 Å². The molecule has 1 fully saturated rings. The predicted molar refractivity (Wildman–Crippen MR) is 69.1 cm³/mol. The highest BCUT2D eigenvalue weighted by Gasteiger charge is 2.19. The Kier molecular flexibility index (Phi) is 2.50. The smallest absolute Gasteiger partial charge is 0.136 e. The number of aryl methyl sites for hydroxylation is 1. The van der Waals surface area contributed by atoms with E-state index in [1.165, 1.54) is 18.5 Å². The van der Waals surface area contributed by atoms with Crippen molar-refractivity contribution >= 4 is 16.7 Å². The molecule has 0 aliphatic carbocycles. The van der Waals surface area contributed by atoms with Crippen molar-refractivity contribution in [3.63, 3.8) is 0 Å². The molecular formula is C13H18N4. The van der Waals surface area contributed by atoms with Crippen LogP contribution in [0.1, 0.15) is 19.8 Å². The molecule has 0 spiro atoms. The maximum absolute atomic E-state index is 4.28. The third-order valence-corrected chi connectivity index (χ3v) is 3.75. The van der Waals surface area contributed by atoms with Gasteiger partial charge in [-0.05, 0) is 30.9 Å². The van der Waals surface area contributed by atoms with Crippen LogP contribution in [0.5, 0.6) is 0 Å². The van der Waals surface area contributed by atoms with E-state index < -0.39 is 0 Å². The molecule has 0 N–H and O–H groups in total. The molecule has 0 atom stereocenters. The fraction of sp³-hybridized carbons (Fsp3) is 0.538. The van der Waals surface area contributed by atoms with Crippen LogP contribution in [0.25, 0.3) is 11.0 Å². The van der Waals surface area contributed by atoms with E-state index in [0.29, 0.717) is 0 Å². The summed E-state index contributed by atoms with van der Waals surface area (Å²) in [5.74, 6) is 0.854. The van der Waals surface area contributed by atoms with Gasteiger partial charge in [0, 0.05) is 20.1 Å². The van der Waals surface area contributed by atoms with E-state index in [0.717, 1.165) is 30.0 Å². The van der Waals surface area contributed by atoms with Gasteiger partial charge in [0.15, 0.2) is 0 Å². The summed E-state index contributed by atoms with van der Waals surface area (Å²) in [6.07, 6.45) is 2.55. The summed E-state index contributed by atoms with van der Waals surface area (Å²) in [5, 5.41) is 8.39. The number of piperidine rings is 1. The van der Waals surface area contributed by atoms with Gasteiger partial charge >= 0.3 is 0 Å². The Balaban J connectivity index is 2.00. The molecule has 3 rings (SSSR count). The second-order valence-electron chi connectivity index (χ2n) is 5.03. The molecule has 2 aromatic rings. The highest BCUT2D eigenvalue weighted by molar-refractivity contribution is 5.88. The van der Waals surface area contributed by atoms with Crippen LogP contribution in [-0.4, -0.2) is 28.1 Å². The highest BCUT2D eigenvalue weighted by Crippen LogP contribution is 2.28. The summed E-state index contributed by atoms with van der Waals surface area (Å²) in [6, 6.07) is 6.33. The molecule has 1 aromatic heterocycles. The van der Waals surface area contributed by atoms with Gasteiger partial charge in [-0.2, -0.15) is 0 Å². The number of fused-ring (bicyclic) bond motifs is 1. The Morgan fingerprint density at radius 3 is 2.76 bits per heavy atom. The van der Waals surface area contributed by atoms with Crippen LogP contribution >= 0.6 is 0 Å². The van der Waals surface area contributed by atoms with E-state index in [-0.39, 0.29) is 0 Å². The van der Waals surface area contributed by atoms with E-state index in [9.17, 15) is 0 Å². The fourth-order valence-corrected chi connectivity index (χ4v) is 2.55. The first kappa shape index (κ1) is 10.6. The zero-order valence-corrected chi connectivity index (χ0v) is 10.4. The molecule has 90 valence electrons. The molecular weight excluding hydrogens is 212 g/mol. The lowest BCUT2D eigenvalue weighted by molar-refractivity contribution is 0.439. The van der Waals surface area contributed by atoms with Crippen LogP contribution in [-0.2, 0) is 7.05 Å². The number of hydrogen-bond donors (Lipinski definition) is 0. The first-order valence-corrected chi connectivity index (χ1v) is 6.29. The Morgan fingerprint density at radius 1 is 1.24 bits per heavy atom. The number of hydrogen-bond acceptors (Lipinski definition) is 3. The van der Waals surface area contributed by atoms with Crippen molar-refractivity contribution in [2.75, 3.05) is 18.0 Å². The topological polar surface area (TPSA) is 34.0 Å². The fourth-order valence-electron chi connectivity index (χ4n) is 2.55. The maximum Gasteiger partial charge on any atom is 0.136 e. The summed E-state index contributed by atoms with van der Waals surface area (Å²) in [7, 11) is 1.94. The van der Waals surface area contributed by atoms with Gasteiger partial charge in [0.25, 0.3) is 0 Å². The van der Waals surface area contributed by atoms with Crippen LogP contribution in [0.2, 0.25) is 0 Å². The maximum atomic E-state index is 4.28. The minimum atomic E-state index is 0.854. The van der Waals surface area contributed by atoms with E-state index in [1.54, 1.807) is 0 Å². The third-order valence-electron chi connectivity index (χ3n) is 3.75. The molecule has 1 aliphatic heterocycles. The number of aromatic nitrogens is 3. The summed E-state index contributed by atoms with van der Waals surface area (Å²) in [6.45, 7) is 4.61. The van der Waals surface area contributed by atoms with Gasteiger partial charge in [-0.3, -0.25) is 0 Å². The number of nitrogens with zero attached hydrogens (tertiary/aromatic N) is 4. The van der Waals surface area contributed by atoms with Crippen molar-refractivity contribution < 1.29 is 0 Å². The van der Waals surface area contributed by atoms with Crippen molar-refractivity contribution in [3.8, 4) is 0 Å². The Morgan fingerprint density at radius 2 is 2.00 bits per heavy atom. The second kappa shape index (κ2) is 4.02. The molecule has 1 aromatic carbocycles. The van der Waals surface area contributed by atoms with Crippen LogP contribution in [0.4, 0.5) is 5.69 Å². The summed E-state index contributed by atoms with van der Waals surface area (Å²) < 4.78 is 1.84. The SMILES string of the molecule is CC1CCN(c2cccc3c2nnn3C)CC1. The Bertz CT molecular complexity index is 523. The lowest BCUT2D eigenvalue weighted by Crippen LogP contribution is -2.32. The van der Waals surface area contributed by atoms with Crippen molar-refractivity contribution in [1.29, 1.82) is 0 Å². The largest absolute Gasteiger partial charge is 0.370 e. The molecule has 4 heteroatoms. The molecule has 0 radical (unpaired) electrons. The van der Waals surface area contributed by atoms with Crippen LogP contribution < -0.4 is 4.90 Å². The molecule has 2 heterocycles. The highest BCUT2D eigenvalue weighted by atomic mass is 15.4. The first-order valence-electron chi connectivity index (χ1n) is 6.29. The Labute approximate surface area is 101 Å². The summed E-state index contributed by atoms with van der Waals surface area (Å²) in [4.78, 5) is 2.44. The average Bonchev–Trinajstić information content (AvgIpc) is 2.73. The van der Waals surface area contributed by atoms with Crippen LogP contribution in [0, 0.1) is 5.92 Å². The van der Waals surface area contributed by atoms with Crippen molar-refractivity contribution in [1.82, 2.24) is 15.0 Å².